The molecule has 1 aromatic heterocycles. The molecule has 150 valence electrons. The van der Waals surface area contributed by atoms with E-state index in [-0.39, 0.29) is 12.5 Å². The van der Waals surface area contributed by atoms with Crippen molar-refractivity contribution in [2.24, 2.45) is 0 Å². The average Bonchev–Trinajstić information content (AvgIpc) is 3.36. The molecule has 0 aliphatic carbocycles. The minimum Gasteiger partial charge on any atom is -0.467 e. The summed E-state index contributed by atoms with van der Waals surface area (Å²) < 4.78 is 18.8. The van der Waals surface area contributed by atoms with Gasteiger partial charge < -0.3 is 9.32 Å². The zero-order valence-electron chi connectivity index (χ0n) is 16.2. The topological polar surface area (TPSA) is 53.8 Å². The number of amides is 2. The van der Waals surface area contributed by atoms with Crippen molar-refractivity contribution >= 4 is 17.4 Å². The van der Waals surface area contributed by atoms with Crippen LogP contribution in [0.3, 0.4) is 0 Å². The van der Waals surface area contributed by atoms with Crippen LogP contribution in [0.2, 0.25) is 0 Å². The van der Waals surface area contributed by atoms with Crippen LogP contribution in [-0.2, 0) is 29.1 Å². The van der Waals surface area contributed by atoms with Crippen molar-refractivity contribution in [3.63, 3.8) is 0 Å². The molecule has 0 bridgehead atoms. The maximum absolute atomic E-state index is 13.5. The number of furan rings is 1. The van der Waals surface area contributed by atoms with Gasteiger partial charge in [0.05, 0.1) is 18.4 Å². The molecule has 0 atom stereocenters. The molecule has 5 rings (SSSR count). The number of fused-ring (bicyclic) bond motifs is 1. The molecule has 6 heteroatoms. The first kappa shape index (κ1) is 18.4. The summed E-state index contributed by atoms with van der Waals surface area (Å²) in [5, 5.41) is 0. The fraction of sp³-hybridized carbons (Fsp3) is 0.167. The Morgan fingerprint density at radius 3 is 2.40 bits per heavy atom. The second-order valence-corrected chi connectivity index (χ2v) is 7.45. The third kappa shape index (κ3) is 3.10. The van der Waals surface area contributed by atoms with E-state index in [0.29, 0.717) is 35.7 Å². The zero-order chi connectivity index (χ0) is 20.7. The van der Waals surface area contributed by atoms with E-state index < -0.39 is 11.7 Å². The van der Waals surface area contributed by atoms with Gasteiger partial charge in [0.2, 0.25) is 0 Å². The van der Waals surface area contributed by atoms with Crippen LogP contribution in [-0.4, -0.2) is 28.2 Å². The standard InChI is InChI=1S/C24H19FN2O3/c25-19-9-7-17(8-10-19)21-22(26-12-11-16-4-1-2-5-18(16)14-26)24(29)27(23(21)28)15-20-6-3-13-30-20/h1-10,13H,11-12,14-15H2. The summed E-state index contributed by atoms with van der Waals surface area (Å²) in [5.41, 5.74) is 3.60. The highest BCUT2D eigenvalue weighted by Gasteiger charge is 2.42. The van der Waals surface area contributed by atoms with E-state index in [0.717, 1.165) is 12.0 Å². The number of halogens is 1. The number of carbonyl (C=O) groups is 2. The minimum absolute atomic E-state index is 0.0588. The van der Waals surface area contributed by atoms with Crippen LogP contribution in [0.25, 0.3) is 5.57 Å². The van der Waals surface area contributed by atoms with Gasteiger partial charge in [-0.2, -0.15) is 0 Å². The van der Waals surface area contributed by atoms with Crippen molar-refractivity contribution in [2.45, 2.75) is 19.5 Å². The number of hydrogen-bond donors (Lipinski definition) is 0. The summed E-state index contributed by atoms with van der Waals surface area (Å²) in [6.45, 7) is 1.23. The Bertz CT molecular complexity index is 1150. The van der Waals surface area contributed by atoms with Gasteiger partial charge in [0.15, 0.2) is 0 Å². The van der Waals surface area contributed by atoms with Gasteiger partial charge in [-0.15, -0.1) is 0 Å². The number of carbonyl (C=O) groups excluding carboxylic acids is 2. The molecule has 2 amide bonds. The molecule has 0 spiro atoms. The van der Waals surface area contributed by atoms with Crippen molar-refractivity contribution in [2.75, 3.05) is 6.54 Å². The maximum atomic E-state index is 13.5. The molecular formula is C24H19FN2O3. The van der Waals surface area contributed by atoms with Gasteiger partial charge in [-0.25, -0.2) is 4.39 Å². The Kier molecular flexibility index (Phi) is 4.47. The molecule has 30 heavy (non-hydrogen) atoms. The Morgan fingerprint density at radius 1 is 0.900 bits per heavy atom. The van der Waals surface area contributed by atoms with Crippen LogP contribution in [0.15, 0.2) is 77.0 Å². The summed E-state index contributed by atoms with van der Waals surface area (Å²) in [5.74, 6) is -0.607. The van der Waals surface area contributed by atoms with Crippen molar-refractivity contribution in [3.8, 4) is 0 Å². The molecule has 0 saturated heterocycles. The van der Waals surface area contributed by atoms with Crippen molar-refractivity contribution < 1.29 is 18.4 Å². The highest BCUT2D eigenvalue weighted by atomic mass is 19.1. The number of nitrogens with zero attached hydrogens (tertiary/aromatic N) is 2. The van der Waals surface area contributed by atoms with Gasteiger partial charge in [-0.05, 0) is 47.4 Å². The summed E-state index contributed by atoms with van der Waals surface area (Å²) in [6, 6.07) is 17.3. The Labute approximate surface area is 173 Å². The lowest BCUT2D eigenvalue weighted by molar-refractivity contribution is -0.138. The van der Waals surface area contributed by atoms with Crippen LogP contribution in [0.1, 0.15) is 22.5 Å². The maximum Gasteiger partial charge on any atom is 0.278 e. The van der Waals surface area contributed by atoms with Gasteiger partial charge in [0.1, 0.15) is 17.3 Å². The van der Waals surface area contributed by atoms with Crippen LogP contribution in [0, 0.1) is 5.82 Å². The predicted molar refractivity (Wildman–Crippen MR) is 108 cm³/mol. The molecular weight excluding hydrogens is 383 g/mol. The van der Waals surface area contributed by atoms with E-state index in [1.807, 2.05) is 23.1 Å². The van der Waals surface area contributed by atoms with E-state index in [1.54, 1.807) is 24.3 Å². The predicted octanol–water partition coefficient (Wildman–Crippen LogP) is 3.76. The van der Waals surface area contributed by atoms with Crippen molar-refractivity contribution in [1.82, 2.24) is 9.80 Å². The monoisotopic (exact) mass is 402 g/mol. The third-order valence-electron chi connectivity index (χ3n) is 5.62. The number of benzene rings is 2. The van der Waals surface area contributed by atoms with E-state index in [2.05, 4.69) is 6.07 Å². The molecule has 3 aromatic rings. The molecule has 2 aromatic carbocycles. The normalized spacial score (nSPS) is 16.4. The van der Waals surface area contributed by atoms with Gasteiger partial charge in [-0.3, -0.25) is 14.5 Å². The van der Waals surface area contributed by atoms with Crippen molar-refractivity contribution in [1.29, 1.82) is 0 Å². The lowest BCUT2D eigenvalue weighted by Crippen LogP contribution is -2.37. The lowest BCUT2D eigenvalue weighted by atomic mass is 9.98. The van der Waals surface area contributed by atoms with Gasteiger partial charge in [0, 0.05) is 13.1 Å². The molecule has 0 unspecified atom stereocenters. The first-order valence-corrected chi connectivity index (χ1v) is 9.82. The third-order valence-corrected chi connectivity index (χ3v) is 5.62. The average molecular weight is 402 g/mol. The Hall–Kier alpha value is -3.67. The highest BCUT2D eigenvalue weighted by molar-refractivity contribution is 6.35. The smallest absolute Gasteiger partial charge is 0.278 e. The molecule has 2 aliphatic rings. The Morgan fingerprint density at radius 2 is 1.67 bits per heavy atom. The molecule has 0 N–H and O–H groups in total. The first-order valence-electron chi connectivity index (χ1n) is 9.82. The van der Waals surface area contributed by atoms with Gasteiger partial charge in [0.25, 0.3) is 11.8 Å². The van der Waals surface area contributed by atoms with E-state index in [1.165, 1.54) is 28.9 Å². The minimum atomic E-state index is -0.392. The number of imide groups is 1. The summed E-state index contributed by atoms with van der Waals surface area (Å²) in [7, 11) is 0. The van der Waals surface area contributed by atoms with E-state index in [4.69, 9.17) is 4.42 Å². The van der Waals surface area contributed by atoms with E-state index in [9.17, 15) is 14.0 Å². The molecule has 2 aliphatic heterocycles. The molecule has 0 radical (unpaired) electrons. The zero-order valence-corrected chi connectivity index (χ0v) is 16.2. The van der Waals surface area contributed by atoms with Crippen LogP contribution in [0.4, 0.5) is 4.39 Å². The van der Waals surface area contributed by atoms with Crippen LogP contribution in [0.5, 0.6) is 0 Å². The second-order valence-electron chi connectivity index (χ2n) is 7.45. The number of rotatable bonds is 4. The van der Waals surface area contributed by atoms with Crippen LogP contribution >= 0.6 is 0 Å². The molecule has 0 fully saturated rings. The fourth-order valence-electron chi connectivity index (χ4n) is 4.12. The molecule has 0 saturated carbocycles. The van der Waals surface area contributed by atoms with Gasteiger partial charge in [-0.1, -0.05) is 36.4 Å². The fourth-order valence-corrected chi connectivity index (χ4v) is 4.12. The summed E-state index contributed by atoms with van der Waals surface area (Å²) in [4.78, 5) is 29.9. The number of hydrogen-bond acceptors (Lipinski definition) is 4. The van der Waals surface area contributed by atoms with Crippen LogP contribution < -0.4 is 0 Å². The second kappa shape index (κ2) is 7.30. The van der Waals surface area contributed by atoms with Crippen molar-refractivity contribution in [3.05, 3.63) is 101 Å². The molecule has 3 heterocycles. The SMILES string of the molecule is O=C1C(c2ccc(F)cc2)=C(N2CCc3ccccc3C2)C(=O)N1Cc1ccco1. The summed E-state index contributed by atoms with van der Waals surface area (Å²) in [6.07, 6.45) is 2.30. The lowest BCUT2D eigenvalue weighted by Gasteiger charge is -2.31. The first-order chi connectivity index (χ1) is 14.6. The molecule has 5 nitrogen and oxygen atoms in total. The summed E-state index contributed by atoms with van der Waals surface area (Å²) >= 11 is 0. The largest absolute Gasteiger partial charge is 0.467 e. The quantitative estimate of drug-likeness (QED) is 0.624. The Balaban J connectivity index is 1.57. The highest BCUT2D eigenvalue weighted by Crippen LogP contribution is 2.35. The van der Waals surface area contributed by atoms with Gasteiger partial charge >= 0.3 is 0 Å². The van der Waals surface area contributed by atoms with E-state index >= 15 is 0 Å².